The summed E-state index contributed by atoms with van der Waals surface area (Å²) >= 11 is 0. The molecule has 0 aromatic carbocycles. The molecule has 1 saturated heterocycles. The highest BCUT2D eigenvalue weighted by atomic mass is 19.4. The monoisotopic (exact) mass is 342 g/mol. The number of anilines is 3. The Bertz CT molecular complexity index is 728. The lowest BCUT2D eigenvalue weighted by atomic mass is 10.2. The number of nitrogen functional groups attached to an aromatic ring is 1. The van der Waals surface area contributed by atoms with Crippen LogP contribution >= 0.6 is 0 Å². The van der Waals surface area contributed by atoms with Gasteiger partial charge in [0.15, 0.2) is 0 Å². The highest BCUT2D eigenvalue weighted by Crippen LogP contribution is 2.35. The van der Waals surface area contributed by atoms with Gasteiger partial charge in [-0.1, -0.05) is 0 Å². The zero-order chi connectivity index (χ0) is 17.5. The van der Waals surface area contributed by atoms with E-state index in [9.17, 15) is 13.2 Å². The first-order chi connectivity index (χ1) is 11.3. The zero-order valence-corrected chi connectivity index (χ0v) is 13.2. The number of alkyl halides is 3. The number of aryl methyl sites for hydroxylation is 2. The molecule has 1 unspecified atom stereocenters. The Morgan fingerprint density at radius 3 is 2.62 bits per heavy atom. The predicted molar refractivity (Wildman–Crippen MR) is 80.9 cm³/mol. The van der Waals surface area contributed by atoms with Gasteiger partial charge in [0.25, 0.3) is 0 Å². The van der Waals surface area contributed by atoms with E-state index >= 15 is 0 Å². The van der Waals surface area contributed by atoms with Gasteiger partial charge in [-0.15, -0.1) is 0 Å². The number of rotatable bonds is 3. The van der Waals surface area contributed by atoms with Crippen LogP contribution in [0.1, 0.15) is 29.4 Å². The Morgan fingerprint density at radius 2 is 2.04 bits per heavy atom. The number of nitrogens with one attached hydrogen (secondary N) is 1. The highest BCUT2D eigenvalue weighted by molar-refractivity contribution is 5.58. The second-order valence-electron chi connectivity index (χ2n) is 5.64. The molecule has 1 fully saturated rings. The van der Waals surface area contributed by atoms with Gasteiger partial charge in [-0.2, -0.15) is 23.3 Å². The minimum atomic E-state index is -4.59. The minimum Gasteiger partial charge on any atom is -0.383 e. The van der Waals surface area contributed by atoms with Gasteiger partial charge >= 0.3 is 6.18 Å². The molecular formula is C14H17F3N6O. The van der Waals surface area contributed by atoms with Gasteiger partial charge in [0.2, 0.25) is 5.95 Å². The Kier molecular flexibility index (Phi) is 4.08. The summed E-state index contributed by atoms with van der Waals surface area (Å²) in [5.41, 5.74) is 5.51. The second-order valence-corrected chi connectivity index (χ2v) is 5.64. The molecule has 2 aromatic heterocycles. The van der Waals surface area contributed by atoms with Crippen molar-refractivity contribution < 1.29 is 17.9 Å². The predicted octanol–water partition coefficient (Wildman–Crippen LogP) is 2.60. The third kappa shape index (κ3) is 3.14. The molecule has 3 N–H and O–H groups in total. The van der Waals surface area contributed by atoms with Crippen LogP contribution in [0.25, 0.3) is 0 Å². The first-order valence-corrected chi connectivity index (χ1v) is 7.37. The van der Waals surface area contributed by atoms with E-state index in [1.807, 2.05) is 0 Å². The van der Waals surface area contributed by atoms with E-state index in [4.69, 9.17) is 10.5 Å². The van der Waals surface area contributed by atoms with E-state index in [0.29, 0.717) is 24.6 Å². The maximum absolute atomic E-state index is 12.9. The van der Waals surface area contributed by atoms with E-state index in [-0.39, 0.29) is 17.7 Å². The number of hydrogen-bond donors (Lipinski definition) is 2. The van der Waals surface area contributed by atoms with Gasteiger partial charge in [0.05, 0.1) is 29.7 Å². The van der Waals surface area contributed by atoms with Crippen LogP contribution < -0.4 is 11.1 Å². The van der Waals surface area contributed by atoms with Gasteiger partial charge in [0.1, 0.15) is 11.4 Å². The van der Waals surface area contributed by atoms with Crippen molar-refractivity contribution in [3.63, 3.8) is 0 Å². The molecule has 0 aliphatic carbocycles. The standard InChI is InChI=1S/C14H17F3N6O/c1-7-10(5-23(22-7)9-3-4-24-6-9)20-13-19-8(2)11(12(18)21-13)14(15,16)17/h5,9H,3-4,6H2,1-2H3,(H3,18,19,20,21). The second kappa shape index (κ2) is 5.93. The summed E-state index contributed by atoms with van der Waals surface area (Å²) < 4.78 is 45.8. The van der Waals surface area contributed by atoms with Crippen molar-refractivity contribution in [1.29, 1.82) is 0 Å². The Morgan fingerprint density at radius 1 is 1.29 bits per heavy atom. The summed E-state index contributed by atoms with van der Waals surface area (Å²) in [5, 5.41) is 7.28. The zero-order valence-electron chi connectivity index (χ0n) is 13.2. The topological polar surface area (TPSA) is 90.9 Å². The Balaban J connectivity index is 1.86. The molecule has 7 nitrogen and oxygen atoms in total. The van der Waals surface area contributed by atoms with Crippen LogP contribution in [-0.4, -0.2) is 33.0 Å². The van der Waals surface area contributed by atoms with Crippen LogP contribution in [-0.2, 0) is 10.9 Å². The van der Waals surface area contributed by atoms with Crippen LogP contribution in [0.4, 0.5) is 30.6 Å². The normalized spacial score (nSPS) is 18.1. The smallest absolute Gasteiger partial charge is 0.383 e. The van der Waals surface area contributed by atoms with E-state index < -0.39 is 17.6 Å². The molecule has 1 aliphatic heterocycles. The first kappa shape index (κ1) is 16.5. The minimum absolute atomic E-state index is 0.00308. The molecule has 1 aliphatic rings. The molecule has 10 heteroatoms. The van der Waals surface area contributed by atoms with E-state index in [1.54, 1.807) is 17.8 Å². The summed E-state index contributed by atoms with van der Waals surface area (Å²) in [7, 11) is 0. The van der Waals surface area contributed by atoms with Gasteiger partial charge in [-0.05, 0) is 20.3 Å². The number of nitrogens with two attached hydrogens (primary N) is 1. The van der Waals surface area contributed by atoms with Crippen molar-refractivity contribution in [2.45, 2.75) is 32.5 Å². The summed E-state index contributed by atoms with van der Waals surface area (Å²) in [6, 6.07) is 0.152. The van der Waals surface area contributed by atoms with Crippen molar-refractivity contribution in [3.05, 3.63) is 23.1 Å². The SMILES string of the molecule is Cc1nn(C2CCOC2)cc1Nc1nc(C)c(C(F)(F)F)c(N)n1. The lowest BCUT2D eigenvalue weighted by Crippen LogP contribution is -2.15. The fraction of sp³-hybridized carbons (Fsp3) is 0.500. The molecule has 0 saturated carbocycles. The highest BCUT2D eigenvalue weighted by Gasteiger charge is 2.36. The Hall–Kier alpha value is -2.36. The maximum Gasteiger partial charge on any atom is 0.421 e. The summed E-state index contributed by atoms with van der Waals surface area (Å²) in [6.45, 7) is 4.31. The quantitative estimate of drug-likeness (QED) is 0.891. The number of hydrogen-bond acceptors (Lipinski definition) is 6. The number of aromatic nitrogens is 4. The number of ether oxygens (including phenoxy) is 1. The lowest BCUT2D eigenvalue weighted by Gasteiger charge is -2.13. The summed E-state index contributed by atoms with van der Waals surface area (Å²) in [5.74, 6) is -0.602. The van der Waals surface area contributed by atoms with Crippen molar-refractivity contribution in [2.24, 2.45) is 0 Å². The number of nitrogens with zero attached hydrogens (tertiary/aromatic N) is 4. The molecule has 1 atom stereocenters. The summed E-state index contributed by atoms with van der Waals surface area (Å²) in [6.07, 6.45) is -1.96. The van der Waals surface area contributed by atoms with Gasteiger partial charge in [-0.25, -0.2) is 4.98 Å². The van der Waals surface area contributed by atoms with E-state index in [1.165, 1.54) is 6.92 Å². The van der Waals surface area contributed by atoms with Crippen LogP contribution in [0, 0.1) is 13.8 Å². The van der Waals surface area contributed by atoms with Gasteiger partial charge in [0, 0.05) is 12.8 Å². The largest absolute Gasteiger partial charge is 0.421 e. The average molecular weight is 342 g/mol. The van der Waals surface area contributed by atoms with Gasteiger partial charge < -0.3 is 15.8 Å². The van der Waals surface area contributed by atoms with E-state index in [0.717, 1.165) is 6.42 Å². The molecule has 0 bridgehead atoms. The maximum atomic E-state index is 12.9. The molecular weight excluding hydrogens is 325 g/mol. The third-order valence-corrected chi connectivity index (χ3v) is 3.84. The number of halogens is 3. The third-order valence-electron chi connectivity index (χ3n) is 3.84. The molecule has 130 valence electrons. The van der Waals surface area contributed by atoms with Gasteiger partial charge in [-0.3, -0.25) is 4.68 Å². The van der Waals surface area contributed by atoms with Crippen molar-refractivity contribution in [1.82, 2.24) is 19.7 Å². The van der Waals surface area contributed by atoms with Crippen LogP contribution in [0.5, 0.6) is 0 Å². The molecule has 2 aromatic rings. The molecule has 24 heavy (non-hydrogen) atoms. The molecule has 0 amide bonds. The Labute approximate surface area is 136 Å². The molecule has 0 radical (unpaired) electrons. The fourth-order valence-corrected chi connectivity index (χ4v) is 2.64. The van der Waals surface area contributed by atoms with E-state index in [2.05, 4.69) is 20.4 Å². The molecule has 0 spiro atoms. The van der Waals surface area contributed by atoms with Crippen LogP contribution in [0.2, 0.25) is 0 Å². The fourth-order valence-electron chi connectivity index (χ4n) is 2.64. The lowest BCUT2D eigenvalue weighted by molar-refractivity contribution is -0.137. The first-order valence-electron chi connectivity index (χ1n) is 7.37. The average Bonchev–Trinajstić information content (AvgIpc) is 3.07. The van der Waals surface area contributed by atoms with Crippen molar-refractivity contribution in [2.75, 3.05) is 24.3 Å². The van der Waals surface area contributed by atoms with Crippen LogP contribution in [0.15, 0.2) is 6.20 Å². The van der Waals surface area contributed by atoms with Crippen molar-refractivity contribution >= 4 is 17.5 Å². The molecule has 3 heterocycles. The summed E-state index contributed by atoms with van der Waals surface area (Å²) in [4.78, 5) is 7.58. The van der Waals surface area contributed by atoms with Crippen molar-refractivity contribution in [3.8, 4) is 0 Å². The molecule has 3 rings (SSSR count). The van der Waals surface area contributed by atoms with Crippen LogP contribution in [0.3, 0.4) is 0 Å².